The van der Waals surface area contributed by atoms with E-state index in [1.165, 1.54) is 7.11 Å². The molecule has 0 radical (unpaired) electrons. The number of ether oxygens (including phenoxy) is 2. The number of hydrogen-bond donors (Lipinski definition) is 1. The van der Waals surface area contributed by atoms with E-state index >= 15 is 0 Å². The van der Waals surface area contributed by atoms with E-state index in [1.54, 1.807) is 12.1 Å². The smallest absolute Gasteiger partial charge is 0.337 e. The summed E-state index contributed by atoms with van der Waals surface area (Å²) in [6, 6.07) is 14.5. The maximum absolute atomic E-state index is 13.1. The molecule has 0 aliphatic carbocycles. The molecule has 0 spiro atoms. The van der Waals surface area contributed by atoms with Crippen LogP contribution in [0.5, 0.6) is 5.75 Å². The molecule has 1 amide bonds. The number of amides is 1. The van der Waals surface area contributed by atoms with E-state index in [9.17, 15) is 9.59 Å². The number of methoxy groups -OCH3 is 1. The second-order valence-electron chi connectivity index (χ2n) is 8.94. The van der Waals surface area contributed by atoms with Crippen LogP contribution >= 0.6 is 11.6 Å². The van der Waals surface area contributed by atoms with E-state index < -0.39 is 0 Å². The molecule has 0 aromatic heterocycles. The van der Waals surface area contributed by atoms with Gasteiger partial charge in [-0.25, -0.2) is 4.79 Å². The minimum atomic E-state index is -0.373. The summed E-state index contributed by atoms with van der Waals surface area (Å²) in [5.74, 6) is 0.428. The van der Waals surface area contributed by atoms with Gasteiger partial charge in [-0.3, -0.25) is 9.69 Å². The second-order valence-corrected chi connectivity index (χ2v) is 9.38. The van der Waals surface area contributed by atoms with Crippen molar-refractivity contribution in [1.82, 2.24) is 10.2 Å². The zero-order valence-corrected chi connectivity index (χ0v) is 21.2. The summed E-state index contributed by atoms with van der Waals surface area (Å²) in [4.78, 5) is 27.2. The lowest BCUT2D eigenvalue weighted by Crippen LogP contribution is -2.50. The Labute approximate surface area is 207 Å². The van der Waals surface area contributed by atoms with Crippen molar-refractivity contribution >= 4 is 23.5 Å². The van der Waals surface area contributed by atoms with Crippen molar-refractivity contribution in [3.63, 3.8) is 0 Å². The summed E-state index contributed by atoms with van der Waals surface area (Å²) in [6.07, 6.45) is 3.17. The summed E-state index contributed by atoms with van der Waals surface area (Å²) in [7, 11) is 1.36. The van der Waals surface area contributed by atoms with E-state index in [-0.39, 0.29) is 29.6 Å². The molecule has 1 saturated heterocycles. The lowest BCUT2D eigenvalue weighted by Gasteiger charge is -2.40. The van der Waals surface area contributed by atoms with Gasteiger partial charge in [-0.15, -0.1) is 0 Å². The number of carbonyl (C=O) groups is 2. The Morgan fingerprint density at radius 1 is 1.18 bits per heavy atom. The zero-order chi connectivity index (χ0) is 24.7. The highest BCUT2D eigenvalue weighted by atomic mass is 35.5. The summed E-state index contributed by atoms with van der Waals surface area (Å²) >= 11 is 6.09. The number of rotatable bonds is 10. The van der Waals surface area contributed by atoms with Crippen LogP contribution in [0.4, 0.5) is 0 Å². The third-order valence-corrected chi connectivity index (χ3v) is 7.16. The summed E-state index contributed by atoms with van der Waals surface area (Å²) < 4.78 is 10.9. The molecular weight excluding hydrogens is 452 g/mol. The first kappa shape index (κ1) is 26.0. The number of nitrogens with one attached hydrogen (secondary N) is 1. The van der Waals surface area contributed by atoms with Crippen LogP contribution in [-0.4, -0.2) is 48.6 Å². The SMILES string of the molecule is CCC(CC)(CC(=O)N[C@@H](C)c1ccc(C(=O)OC)cc1)N1CC[C@@H](Oc2cccc(Cl)c2)C1. The molecule has 6 nitrogen and oxygen atoms in total. The van der Waals surface area contributed by atoms with E-state index in [1.807, 2.05) is 43.3 Å². The van der Waals surface area contributed by atoms with Crippen molar-refractivity contribution < 1.29 is 19.1 Å². The first-order chi connectivity index (χ1) is 16.3. The standard InChI is InChI=1S/C27H35ClN2O4/c1-5-27(6-2,30-15-14-24(18-30)34-23-9-7-8-22(28)16-23)17-25(31)29-19(3)20-10-12-21(13-11-20)26(32)33-4/h7-13,16,19,24H,5-6,14-15,17-18H2,1-4H3,(H,29,31)/t19-,24+/m0/s1. The molecule has 1 aliphatic heterocycles. The molecule has 184 valence electrons. The molecule has 0 bridgehead atoms. The first-order valence-electron chi connectivity index (χ1n) is 11.9. The third kappa shape index (κ3) is 6.30. The van der Waals surface area contributed by atoms with E-state index in [4.69, 9.17) is 21.1 Å². The maximum atomic E-state index is 13.1. The van der Waals surface area contributed by atoms with Gasteiger partial charge in [0.2, 0.25) is 5.91 Å². The molecule has 2 atom stereocenters. The molecule has 34 heavy (non-hydrogen) atoms. The predicted molar refractivity (Wildman–Crippen MR) is 134 cm³/mol. The largest absolute Gasteiger partial charge is 0.489 e. The van der Waals surface area contributed by atoms with Gasteiger partial charge in [0.15, 0.2) is 0 Å². The molecule has 0 unspecified atom stereocenters. The lowest BCUT2D eigenvalue weighted by atomic mass is 9.86. The topological polar surface area (TPSA) is 67.9 Å². The fraction of sp³-hybridized carbons (Fsp3) is 0.481. The van der Waals surface area contributed by atoms with Crippen molar-refractivity contribution in [2.24, 2.45) is 0 Å². The highest BCUT2D eigenvalue weighted by molar-refractivity contribution is 6.30. The molecule has 3 rings (SSSR count). The third-order valence-electron chi connectivity index (χ3n) is 6.93. The zero-order valence-electron chi connectivity index (χ0n) is 20.5. The Balaban J connectivity index is 1.60. The molecule has 7 heteroatoms. The number of esters is 1. The van der Waals surface area contributed by atoms with Crippen molar-refractivity contribution in [3.8, 4) is 5.75 Å². The predicted octanol–water partition coefficient (Wildman–Crippen LogP) is 5.41. The van der Waals surface area contributed by atoms with Crippen molar-refractivity contribution in [2.45, 2.75) is 64.1 Å². The van der Waals surface area contributed by atoms with Crippen LogP contribution in [0.2, 0.25) is 5.02 Å². The minimum absolute atomic E-state index is 0.0208. The van der Waals surface area contributed by atoms with Gasteiger partial charge in [-0.2, -0.15) is 0 Å². The van der Waals surface area contributed by atoms with Gasteiger partial charge in [-0.05, 0) is 62.1 Å². The van der Waals surface area contributed by atoms with Gasteiger partial charge in [0.1, 0.15) is 11.9 Å². The fourth-order valence-corrected chi connectivity index (χ4v) is 4.93. The number of likely N-dealkylation sites (tertiary alicyclic amines) is 1. The van der Waals surface area contributed by atoms with E-state index in [0.29, 0.717) is 17.0 Å². The Morgan fingerprint density at radius 2 is 1.88 bits per heavy atom. The molecule has 1 heterocycles. The van der Waals surface area contributed by atoms with Crippen molar-refractivity contribution in [2.75, 3.05) is 20.2 Å². The van der Waals surface area contributed by atoms with Crippen LogP contribution in [0.25, 0.3) is 0 Å². The van der Waals surface area contributed by atoms with Crippen LogP contribution in [0.1, 0.15) is 68.4 Å². The molecular formula is C27H35ClN2O4. The molecule has 2 aromatic carbocycles. The average Bonchev–Trinajstić information content (AvgIpc) is 3.31. The normalized spacial score (nSPS) is 17.3. The average molecular weight is 487 g/mol. The number of hydrogen-bond acceptors (Lipinski definition) is 5. The van der Waals surface area contributed by atoms with Gasteiger partial charge in [-0.1, -0.05) is 43.6 Å². The lowest BCUT2D eigenvalue weighted by molar-refractivity contribution is -0.125. The van der Waals surface area contributed by atoms with Crippen LogP contribution in [0.15, 0.2) is 48.5 Å². The highest BCUT2D eigenvalue weighted by Crippen LogP contribution is 2.33. The fourth-order valence-electron chi connectivity index (χ4n) is 4.75. The van der Waals surface area contributed by atoms with Gasteiger partial charge >= 0.3 is 5.97 Å². The Bertz CT molecular complexity index is 975. The Morgan fingerprint density at radius 3 is 2.50 bits per heavy atom. The second kappa shape index (κ2) is 11.7. The van der Waals surface area contributed by atoms with Crippen LogP contribution < -0.4 is 10.1 Å². The molecule has 0 saturated carbocycles. The molecule has 1 fully saturated rings. The van der Waals surface area contributed by atoms with Crippen LogP contribution in [0, 0.1) is 0 Å². The number of halogens is 1. The van der Waals surface area contributed by atoms with Crippen molar-refractivity contribution in [1.29, 1.82) is 0 Å². The summed E-state index contributed by atoms with van der Waals surface area (Å²) in [5.41, 5.74) is 1.21. The van der Waals surface area contributed by atoms with Gasteiger partial charge < -0.3 is 14.8 Å². The number of benzene rings is 2. The van der Waals surface area contributed by atoms with Gasteiger partial charge in [0.05, 0.1) is 18.7 Å². The number of nitrogens with zero attached hydrogens (tertiary/aromatic N) is 1. The Kier molecular flexibility index (Phi) is 8.97. The van der Waals surface area contributed by atoms with Crippen LogP contribution in [0.3, 0.4) is 0 Å². The monoisotopic (exact) mass is 486 g/mol. The van der Waals surface area contributed by atoms with E-state index in [2.05, 4.69) is 24.1 Å². The van der Waals surface area contributed by atoms with Crippen molar-refractivity contribution in [3.05, 3.63) is 64.7 Å². The Hall–Kier alpha value is -2.57. The first-order valence-corrected chi connectivity index (χ1v) is 12.3. The van der Waals surface area contributed by atoms with Gasteiger partial charge in [0.25, 0.3) is 0 Å². The van der Waals surface area contributed by atoms with Crippen LogP contribution in [-0.2, 0) is 9.53 Å². The molecule has 1 aliphatic rings. The molecule has 2 aromatic rings. The number of carbonyl (C=O) groups excluding carboxylic acids is 2. The maximum Gasteiger partial charge on any atom is 0.337 e. The quantitative estimate of drug-likeness (QED) is 0.455. The minimum Gasteiger partial charge on any atom is -0.489 e. The van der Waals surface area contributed by atoms with Gasteiger partial charge in [0, 0.05) is 30.1 Å². The summed E-state index contributed by atoms with van der Waals surface area (Å²) in [6.45, 7) is 7.93. The summed E-state index contributed by atoms with van der Waals surface area (Å²) in [5, 5.41) is 3.80. The highest BCUT2D eigenvalue weighted by Gasteiger charge is 2.40. The van der Waals surface area contributed by atoms with E-state index in [0.717, 1.165) is 43.7 Å². The molecule has 1 N–H and O–H groups in total.